The van der Waals surface area contributed by atoms with Gasteiger partial charge in [-0.1, -0.05) is 51.7 Å². The third-order valence-electron chi connectivity index (χ3n) is 1.72. The minimum absolute atomic E-state index is 0. The van der Waals surface area contributed by atoms with Crippen molar-refractivity contribution < 1.29 is 24.2 Å². The molecule has 0 aromatic rings. The van der Waals surface area contributed by atoms with Gasteiger partial charge in [0, 0.05) is 19.5 Å². The van der Waals surface area contributed by atoms with Crippen molar-refractivity contribution in [2.24, 2.45) is 0 Å². The van der Waals surface area contributed by atoms with Crippen molar-refractivity contribution in [3.8, 4) is 0 Å². The molecule has 0 N–H and O–H groups in total. The van der Waals surface area contributed by atoms with Gasteiger partial charge in [-0.2, -0.15) is 0 Å². The van der Waals surface area contributed by atoms with E-state index in [4.69, 9.17) is 4.74 Å². The summed E-state index contributed by atoms with van der Waals surface area (Å²) in [5.74, 6) is 0. The van der Waals surface area contributed by atoms with Gasteiger partial charge in [0.2, 0.25) is 4.38 Å². The van der Waals surface area contributed by atoms with E-state index in [9.17, 15) is 0 Å². The first-order valence-electron chi connectivity index (χ1n) is 4.63. The Bertz CT molecular complexity index is 120. The number of unbranched alkanes of at least 4 members (excludes halogenated alkanes) is 5. The molecule has 0 aliphatic rings. The van der Waals surface area contributed by atoms with Crippen LogP contribution in [0.5, 0.6) is 0 Å². The van der Waals surface area contributed by atoms with Gasteiger partial charge >= 0.3 is 0 Å². The molecular weight excluding hydrogens is 254 g/mol. The Kier molecular flexibility index (Phi) is 16.1. The Morgan fingerprint density at radius 2 is 1.69 bits per heavy atom. The molecule has 0 aliphatic heterocycles. The predicted molar refractivity (Wildman–Crippen MR) is 60.9 cm³/mol. The second kappa shape index (κ2) is 12.9. The number of thiol groups is 1. The average Bonchev–Trinajstić information content (AvgIpc) is 2.02. The Labute approximate surface area is 105 Å². The van der Waals surface area contributed by atoms with Crippen molar-refractivity contribution in [3.63, 3.8) is 0 Å². The van der Waals surface area contributed by atoms with Crippen LogP contribution >= 0.6 is 24.8 Å². The van der Waals surface area contributed by atoms with E-state index in [2.05, 4.69) is 31.8 Å². The van der Waals surface area contributed by atoms with Crippen LogP contribution in [0.1, 0.15) is 45.4 Å². The summed E-state index contributed by atoms with van der Waals surface area (Å²) >= 11 is 8.52. The third-order valence-corrected chi connectivity index (χ3v) is 1.97. The fourth-order valence-corrected chi connectivity index (χ4v) is 1.22. The molecule has 0 aromatic heterocycles. The van der Waals surface area contributed by atoms with E-state index in [1.54, 1.807) is 0 Å². The van der Waals surface area contributed by atoms with E-state index >= 15 is 0 Å². The molecule has 74 valence electrons. The first-order chi connectivity index (χ1) is 5.77. The number of ether oxygens (including phenoxy) is 1. The summed E-state index contributed by atoms with van der Waals surface area (Å²) in [5.41, 5.74) is 0. The topological polar surface area (TPSA) is 9.23 Å². The van der Waals surface area contributed by atoms with Crippen LogP contribution in [0.4, 0.5) is 0 Å². The van der Waals surface area contributed by atoms with E-state index < -0.39 is 0 Å². The zero-order valence-corrected chi connectivity index (χ0v) is 13.1. The molecule has 0 aliphatic carbocycles. The Hall–Kier alpha value is 0.863. The normalized spacial score (nSPS) is 9.08. The molecule has 0 saturated heterocycles. The van der Waals surface area contributed by atoms with Crippen molar-refractivity contribution in [2.75, 3.05) is 6.61 Å². The maximum atomic E-state index is 5.04. The summed E-state index contributed by atoms with van der Waals surface area (Å²) in [6.45, 7) is 2.96. The van der Waals surface area contributed by atoms with Gasteiger partial charge in [-0.3, -0.25) is 0 Å². The fourth-order valence-electron chi connectivity index (χ4n) is 1.04. The first kappa shape index (κ1) is 16.3. The SMILES string of the molecule is CCCCCCCCOC(=S)S.[Zn]. The molecule has 0 rings (SSSR count). The molecule has 0 radical (unpaired) electrons. The van der Waals surface area contributed by atoms with Gasteiger partial charge in [0.05, 0.1) is 6.61 Å². The number of hydrogen-bond donors (Lipinski definition) is 1. The number of hydrogen-bond acceptors (Lipinski definition) is 2. The Morgan fingerprint density at radius 3 is 2.23 bits per heavy atom. The van der Waals surface area contributed by atoms with Crippen LogP contribution in [0.2, 0.25) is 0 Å². The van der Waals surface area contributed by atoms with Crippen LogP contribution < -0.4 is 0 Å². The summed E-state index contributed by atoms with van der Waals surface area (Å²) < 4.78 is 5.41. The molecule has 1 nitrogen and oxygen atoms in total. The number of rotatable bonds is 7. The van der Waals surface area contributed by atoms with Crippen molar-refractivity contribution in [3.05, 3.63) is 0 Å². The maximum absolute atomic E-state index is 5.04. The summed E-state index contributed by atoms with van der Waals surface area (Å²) in [7, 11) is 0. The van der Waals surface area contributed by atoms with E-state index in [1.165, 1.54) is 32.1 Å². The minimum atomic E-state index is 0. The third kappa shape index (κ3) is 15.6. The van der Waals surface area contributed by atoms with Crippen molar-refractivity contribution in [2.45, 2.75) is 45.4 Å². The van der Waals surface area contributed by atoms with Gasteiger partial charge in [0.15, 0.2) is 0 Å². The Balaban J connectivity index is 0. The van der Waals surface area contributed by atoms with Gasteiger partial charge in [-0.05, 0) is 18.6 Å². The van der Waals surface area contributed by atoms with Gasteiger partial charge in [-0.15, -0.1) is 0 Å². The maximum Gasteiger partial charge on any atom is 0.216 e. The smallest absolute Gasteiger partial charge is 0.216 e. The molecular formula is C9H18OS2Zn. The minimum Gasteiger partial charge on any atom is -0.479 e. The van der Waals surface area contributed by atoms with E-state index in [1.807, 2.05) is 0 Å². The molecule has 0 amide bonds. The first-order valence-corrected chi connectivity index (χ1v) is 5.48. The van der Waals surface area contributed by atoms with Crippen LogP contribution in [-0.4, -0.2) is 11.0 Å². The van der Waals surface area contributed by atoms with Crippen LogP contribution in [0.25, 0.3) is 0 Å². The molecule has 0 saturated carbocycles. The summed E-state index contributed by atoms with van der Waals surface area (Å²) in [5, 5.41) is 0. The molecule has 0 aromatic carbocycles. The molecule has 13 heavy (non-hydrogen) atoms. The monoisotopic (exact) mass is 270 g/mol. The quantitative estimate of drug-likeness (QED) is 0.328. The second-order valence-corrected chi connectivity index (χ2v) is 3.96. The van der Waals surface area contributed by atoms with Crippen LogP contribution in [0, 0.1) is 0 Å². The molecule has 0 fully saturated rings. The van der Waals surface area contributed by atoms with Crippen LogP contribution in [0.3, 0.4) is 0 Å². The van der Waals surface area contributed by atoms with Gasteiger partial charge in [0.25, 0.3) is 0 Å². The van der Waals surface area contributed by atoms with Crippen molar-refractivity contribution in [1.29, 1.82) is 0 Å². The molecule has 0 heterocycles. The fraction of sp³-hybridized carbons (Fsp3) is 0.889. The van der Waals surface area contributed by atoms with Crippen molar-refractivity contribution >= 4 is 29.2 Å². The molecule has 0 bridgehead atoms. The number of thiocarbonyl (C=S) groups is 1. The largest absolute Gasteiger partial charge is 0.479 e. The van der Waals surface area contributed by atoms with Gasteiger partial charge in [0.1, 0.15) is 0 Å². The summed E-state index contributed by atoms with van der Waals surface area (Å²) in [4.78, 5) is 0. The van der Waals surface area contributed by atoms with Gasteiger partial charge < -0.3 is 4.74 Å². The average molecular weight is 272 g/mol. The molecule has 0 unspecified atom stereocenters. The van der Waals surface area contributed by atoms with E-state index in [-0.39, 0.29) is 19.5 Å². The van der Waals surface area contributed by atoms with E-state index in [0.29, 0.717) is 4.38 Å². The Morgan fingerprint density at radius 1 is 1.15 bits per heavy atom. The molecule has 0 spiro atoms. The van der Waals surface area contributed by atoms with E-state index in [0.717, 1.165) is 13.0 Å². The van der Waals surface area contributed by atoms with Crippen molar-refractivity contribution in [1.82, 2.24) is 0 Å². The second-order valence-electron chi connectivity index (χ2n) is 2.88. The van der Waals surface area contributed by atoms with Crippen LogP contribution in [-0.2, 0) is 24.2 Å². The van der Waals surface area contributed by atoms with Gasteiger partial charge in [-0.25, -0.2) is 0 Å². The molecule has 4 heteroatoms. The molecule has 0 atom stereocenters. The summed E-state index contributed by atoms with van der Waals surface area (Å²) in [6, 6.07) is 0. The standard InChI is InChI=1S/C9H18OS2.Zn/c1-2-3-4-5-6-7-8-10-9(11)12;/h2-8H2,1H3,(H,11,12);. The zero-order valence-electron chi connectivity index (χ0n) is 8.42. The predicted octanol–water partition coefficient (Wildman–Crippen LogP) is 3.58. The summed E-state index contributed by atoms with van der Waals surface area (Å²) in [6.07, 6.45) is 7.67. The van der Waals surface area contributed by atoms with Crippen LogP contribution in [0.15, 0.2) is 0 Å². The zero-order chi connectivity index (χ0) is 9.23.